The van der Waals surface area contributed by atoms with Gasteiger partial charge in [0.05, 0.1) is 12.7 Å². The van der Waals surface area contributed by atoms with E-state index in [1.165, 1.54) is 6.08 Å². The van der Waals surface area contributed by atoms with Crippen LogP contribution in [0.25, 0.3) is 11.7 Å². The third-order valence-electron chi connectivity index (χ3n) is 3.21. The number of carbonyl (C=O) groups excluding carboxylic acids is 1. The van der Waals surface area contributed by atoms with Crippen LogP contribution in [0.15, 0.2) is 36.6 Å². The predicted octanol–water partition coefficient (Wildman–Crippen LogP) is 3.16. The zero-order chi connectivity index (χ0) is 19.1. The predicted molar refractivity (Wildman–Crippen MR) is 96.9 cm³/mol. The summed E-state index contributed by atoms with van der Waals surface area (Å²) in [5, 5.41) is 9.30. The van der Waals surface area contributed by atoms with E-state index in [4.69, 9.17) is 14.2 Å². The van der Waals surface area contributed by atoms with Crippen LogP contribution in [-0.2, 0) is 9.53 Å². The van der Waals surface area contributed by atoms with E-state index in [2.05, 4.69) is 11.6 Å². The van der Waals surface area contributed by atoms with E-state index >= 15 is 0 Å². The summed E-state index contributed by atoms with van der Waals surface area (Å²) < 4.78 is 18.0. The normalized spacial score (nSPS) is 11.3. The Kier molecular flexibility index (Phi) is 6.39. The molecule has 7 nitrogen and oxygen atoms in total. The van der Waals surface area contributed by atoms with Gasteiger partial charge in [-0.1, -0.05) is 12.7 Å². The van der Waals surface area contributed by atoms with Crippen LogP contribution in [0.3, 0.4) is 0 Å². The number of fused-ring (bicyclic) bond motifs is 1. The molecular weight excluding hydrogens is 334 g/mol. The Balaban J connectivity index is 2.63. The first-order valence-electron chi connectivity index (χ1n) is 8.22. The number of hydrogen-bond donors (Lipinski definition) is 0. The molecule has 2 aromatic rings. The number of ether oxygens (including phenoxy) is 3. The zero-order valence-corrected chi connectivity index (χ0v) is 15.1. The van der Waals surface area contributed by atoms with Crippen LogP contribution in [0.1, 0.15) is 26.5 Å². The van der Waals surface area contributed by atoms with Crippen molar-refractivity contribution in [1.82, 2.24) is 9.38 Å². The van der Waals surface area contributed by atoms with Gasteiger partial charge in [0.25, 0.3) is 0 Å². The van der Waals surface area contributed by atoms with Crippen molar-refractivity contribution in [2.24, 2.45) is 0 Å². The summed E-state index contributed by atoms with van der Waals surface area (Å²) in [6.07, 6.45) is 4.70. The van der Waals surface area contributed by atoms with E-state index in [0.717, 1.165) is 0 Å². The third kappa shape index (κ3) is 4.22. The number of hydrogen-bond acceptors (Lipinski definition) is 6. The summed E-state index contributed by atoms with van der Waals surface area (Å²) >= 11 is 0. The van der Waals surface area contributed by atoms with Crippen molar-refractivity contribution in [2.75, 3.05) is 13.2 Å². The molecule has 0 saturated heterocycles. The Morgan fingerprint density at radius 2 is 2.27 bits per heavy atom. The highest BCUT2D eigenvalue weighted by molar-refractivity contribution is 5.98. The van der Waals surface area contributed by atoms with Crippen molar-refractivity contribution in [3.63, 3.8) is 0 Å². The highest BCUT2D eigenvalue weighted by Gasteiger charge is 2.19. The first-order valence-corrected chi connectivity index (χ1v) is 8.22. The van der Waals surface area contributed by atoms with E-state index in [-0.39, 0.29) is 30.8 Å². The Morgan fingerprint density at radius 1 is 1.50 bits per heavy atom. The summed E-state index contributed by atoms with van der Waals surface area (Å²) in [6.45, 7) is 9.53. The van der Waals surface area contributed by atoms with Crippen molar-refractivity contribution < 1.29 is 19.0 Å². The molecule has 0 unspecified atom stereocenters. The SMILES string of the molecule is C=CCOc1nc2c(OC(C)C)cccn2c1/C=C(\C#N)C(=O)OCC. The van der Waals surface area contributed by atoms with E-state index in [1.807, 2.05) is 19.9 Å². The van der Waals surface area contributed by atoms with Crippen LogP contribution in [0, 0.1) is 11.3 Å². The molecule has 0 aliphatic heterocycles. The Morgan fingerprint density at radius 3 is 2.88 bits per heavy atom. The summed E-state index contributed by atoms with van der Waals surface area (Å²) in [7, 11) is 0. The van der Waals surface area contributed by atoms with Crippen LogP contribution in [0.2, 0.25) is 0 Å². The molecule has 2 heterocycles. The van der Waals surface area contributed by atoms with Gasteiger partial charge >= 0.3 is 5.97 Å². The molecule has 2 rings (SSSR count). The molecule has 0 atom stereocenters. The molecule has 0 radical (unpaired) electrons. The molecule has 0 bridgehead atoms. The standard InChI is InChI=1S/C19H21N3O4/c1-5-10-25-18-15(11-14(12-20)19(23)24-6-2)22-9-7-8-16(17(22)21-18)26-13(3)4/h5,7-9,11,13H,1,6,10H2,2-4H3/b14-11+. The molecule has 0 aliphatic rings. The minimum atomic E-state index is -0.700. The minimum absolute atomic E-state index is 0.0383. The van der Waals surface area contributed by atoms with Gasteiger partial charge in [0.2, 0.25) is 5.88 Å². The first kappa shape index (κ1) is 19.1. The fourth-order valence-corrected chi connectivity index (χ4v) is 2.24. The van der Waals surface area contributed by atoms with Gasteiger partial charge < -0.3 is 14.2 Å². The van der Waals surface area contributed by atoms with Gasteiger partial charge in [-0.3, -0.25) is 4.40 Å². The summed E-state index contributed by atoms with van der Waals surface area (Å²) in [6, 6.07) is 5.44. The molecule has 7 heteroatoms. The monoisotopic (exact) mass is 355 g/mol. The minimum Gasteiger partial charge on any atom is -0.487 e. The molecule has 136 valence electrons. The summed E-state index contributed by atoms with van der Waals surface area (Å²) in [5.74, 6) is 0.135. The largest absolute Gasteiger partial charge is 0.487 e. The van der Waals surface area contributed by atoms with Gasteiger partial charge in [0, 0.05) is 6.20 Å². The van der Waals surface area contributed by atoms with Gasteiger partial charge in [-0.15, -0.1) is 0 Å². The number of carbonyl (C=O) groups is 1. The molecule has 26 heavy (non-hydrogen) atoms. The number of aromatic nitrogens is 2. The van der Waals surface area contributed by atoms with Gasteiger partial charge in [-0.2, -0.15) is 10.2 Å². The molecule has 0 aromatic carbocycles. The van der Waals surface area contributed by atoms with Crippen molar-refractivity contribution >= 4 is 17.7 Å². The van der Waals surface area contributed by atoms with Crippen LogP contribution in [0.5, 0.6) is 11.6 Å². The first-order chi connectivity index (χ1) is 12.5. The smallest absolute Gasteiger partial charge is 0.348 e. The van der Waals surface area contributed by atoms with Crippen molar-refractivity contribution in [1.29, 1.82) is 5.26 Å². The lowest BCUT2D eigenvalue weighted by molar-refractivity contribution is -0.137. The van der Waals surface area contributed by atoms with Crippen LogP contribution in [0.4, 0.5) is 0 Å². The van der Waals surface area contributed by atoms with E-state index in [9.17, 15) is 10.1 Å². The Labute approximate surface area is 152 Å². The Bertz CT molecular complexity index is 875. The Hall–Kier alpha value is -3.27. The van der Waals surface area contributed by atoms with Crippen LogP contribution in [-0.4, -0.2) is 34.7 Å². The van der Waals surface area contributed by atoms with Crippen LogP contribution < -0.4 is 9.47 Å². The molecule has 0 N–H and O–H groups in total. The second-order valence-corrected chi connectivity index (χ2v) is 5.52. The average molecular weight is 355 g/mol. The maximum Gasteiger partial charge on any atom is 0.348 e. The topological polar surface area (TPSA) is 85.9 Å². The van der Waals surface area contributed by atoms with Gasteiger partial charge in [-0.05, 0) is 39.0 Å². The molecule has 0 fully saturated rings. The van der Waals surface area contributed by atoms with Gasteiger partial charge in [-0.25, -0.2) is 4.79 Å². The van der Waals surface area contributed by atoms with E-state index < -0.39 is 5.97 Å². The number of nitriles is 1. The molecular formula is C19H21N3O4. The summed E-state index contributed by atoms with van der Waals surface area (Å²) in [4.78, 5) is 16.4. The number of pyridine rings is 1. The zero-order valence-electron chi connectivity index (χ0n) is 15.1. The third-order valence-corrected chi connectivity index (χ3v) is 3.21. The van der Waals surface area contributed by atoms with Crippen molar-refractivity contribution in [3.8, 4) is 17.7 Å². The lowest BCUT2D eigenvalue weighted by Crippen LogP contribution is -2.07. The number of imidazole rings is 1. The maximum atomic E-state index is 12.0. The second kappa shape index (κ2) is 8.72. The highest BCUT2D eigenvalue weighted by Crippen LogP contribution is 2.29. The fourth-order valence-electron chi connectivity index (χ4n) is 2.24. The number of rotatable bonds is 8. The quantitative estimate of drug-likeness (QED) is 0.313. The summed E-state index contributed by atoms with van der Waals surface area (Å²) in [5.41, 5.74) is 0.820. The lowest BCUT2D eigenvalue weighted by atomic mass is 10.2. The second-order valence-electron chi connectivity index (χ2n) is 5.52. The number of esters is 1. The van der Waals surface area contributed by atoms with Gasteiger partial charge in [0.15, 0.2) is 11.4 Å². The maximum absolute atomic E-state index is 12.0. The molecule has 0 amide bonds. The highest BCUT2D eigenvalue weighted by atomic mass is 16.5. The molecule has 0 saturated carbocycles. The van der Waals surface area contributed by atoms with Crippen molar-refractivity contribution in [2.45, 2.75) is 26.9 Å². The molecule has 2 aromatic heterocycles. The van der Waals surface area contributed by atoms with E-state index in [1.54, 1.807) is 35.7 Å². The molecule has 0 aliphatic carbocycles. The number of nitrogens with zero attached hydrogens (tertiary/aromatic N) is 3. The van der Waals surface area contributed by atoms with E-state index in [0.29, 0.717) is 17.1 Å². The van der Waals surface area contributed by atoms with Crippen molar-refractivity contribution in [3.05, 3.63) is 42.3 Å². The molecule has 0 spiro atoms. The fraction of sp³-hybridized carbons (Fsp3) is 0.316. The van der Waals surface area contributed by atoms with Gasteiger partial charge in [0.1, 0.15) is 23.9 Å². The van der Waals surface area contributed by atoms with Crippen LogP contribution >= 0.6 is 0 Å². The average Bonchev–Trinajstić information content (AvgIpc) is 2.96. The lowest BCUT2D eigenvalue weighted by Gasteiger charge is -2.10.